The number of pyridine rings is 1. The number of nitrogens with one attached hydrogen (secondary N) is 1. The maximum absolute atomic E-state index is 13.2. The van der Waals surface area contributed by atoms with Crippen molar-refractivity contribution in [3.8, 4) is 40.3 Å². The molecule has 37 heavy (non-hydrogen) atoms. The first-order chi connectivity index (χ1) is 18.1. The average molecular weight is 505 g/mol. The largest absolute Gasteiger partial charge is 0.497 e. The standard InChI is InChI=1S/C30H24N4O2S/c1-3-28(29(35)33-26-12-8-7-11-22(26)18-31)37-30-25(19-32)24(20-13-15-23(36-2)16-14-20)17-27(34-30)21-9-5-4-6-10-21/h4-17,28H,3H2,1-2H3,(H,33,35). The van der Waals surface area contributed by atoms with E-state index in [1.54, 1.807) is 31.4 Å². The van der Waals surface area contributed by atoms with Crippen LogP contribution in [0.5, 0.6) is 5.75 Å². The highest BCUT2D eigenvalue weighted by Crippen LogP contribution is 2.37. The summed E-state index contributed by atoms with van der Waals surface area (Å²) in [6.07, 6.45) is 0.505. The molecule has 1 unspecified atom stereocenters. The van der Waals surface area contributed by atoms with Gasteiger partial charge in [0, 0.05) is 11.1 Å². The number of ether oxygens (including phenoxy) is 1. The van der Waals surface area contributed by atoms with Crippen LogP contribution < -0.4 is 10.1 Å². The zero-order valence-electron chi connectivity index (χ0n) is 20.4. The maximum Gasteiger partial charge on any atom is 0.237 e. The second-order valence-electron chi connectivity index (χ2n) is 8.10. The van der Waals surface area contributed by atoms with Gasteiger partial charge < -0.3 is 10.1 Å². The predicted octanol–water partition coefficient (Wildman–Crippen LogP) is 6.68. The Morgan fingerprint density at radius 2 is 1.68 bits per heavy atom. The van der Waals surface area contributed by atoms with E-state index in [1.807, 2.05) is 67.6 Å². The Balaban J connectivity index is 1.76. The minimum absolute atomic E-state index is 0.253. The Hall–Kier alpha value is -4.59. The van der Waals surface area contributed by atoms with Gasteiger partial charge in [0.1, 0.15) is 22.9 Å². The number of aromatic nitrogens is 1. The molecule has 1 heterocycles. The fraction of sp³-hybridized carbons (Fsp3) is 0.133. The average Bonchev–Trinajstić information content (AvgIpc) is 2.96. The minimum Gasteiger partial charge on any atom is -0.497 e. The van der Waals surface area contributed by atoms with E-state index in [0.29, 0.717) is 34.0 Å². The molecule has 0 saturated heterocycles. The van der Waals surface area contributed by atoms with Crippen molar-refractivity contribution in [1.29, 1.82) is 10.5 Å². The lowest BCUT2D eigenvalue weighted by Crippen LogP contribution is -2.25. The molecule has 4 aromatic rings. The summed E-state index contributed by atoms with van der Waals surface area (Å²) in [6.45, 7) is 1.91. The second kappa shape index (κ2) is 11.9. The summed E-state index contributed by atoms with van der Waals surface area (Å²) in [6, 6.07) is 30.4. The summed E-state index contributed by atoms with van der Waals surface area (Å²) in [5.74, 6) is 0.464. The highest BCUT2D eigenvalue weighted by Gasteiger charge is 2.24. The predicted molar refractivity (Wildman–Crippen MR) is 146 cm³/mol. The van der Waals surface area contributed by atoms with Gasteiger partial charge in [-0.05, 0) is 42.3 Å². The molecule has 0 aliphatic rings. The SMILES string of the molecule is CCC(Sc1nc(-c2ccccc2)cc(-c2ccc(OC)cc2)c1C#N)C(=O)Nc1ccccc1C#N. The number of hydrogen-bond acceptors (Lipinski definition) is 6. The molecule has 182 valence electrons. The van der Waals surface area contributed by atoms with E-state index in [0.717, 1.165) is 22.4 Å². The quantitative estimate of drug-likeness (QED) is 0.269. The third kappa shape index (κ3) is 5.81. The molecule has 0 fully saturated rings. The number of nitrogens with zero attached hydrogens (tertiary/aromatic N) is 3. The van der Waals surface area contributed by atoms with E-state index < -0.39 is 5.25 Å². The highest BCUT2D eigenvalue weighted by atomic mass is 32.2. The van der Waals surface area contributed by atoms with E-state index in [4.69, 9.17) is 9.72 Å². The van der Waals surface area contributed by atoms with Gasteiger partial charge in [0.2, 0.25) is 5.91 Å². The molecule has 0 aliphatic heterocycles. The Morgan fingerprint density at radius 1 is 0.973 bits per heavy atom. The molecular formula is C30H24N4O2S. The van der Waals surface area contributed by atoms with Crippen molar-refractivity contribution in [3.05, 3.63) is 96.1 Å². The summed E-state index contributed by atoms with van der Waals surface area (Å²) in [4.78, 5) is 18.1. The van der Waals surface area contributed by atoms with E-state index in [-0.39, 0.29) is 5.91 Å². The van der Waals surface area contributed by atoms with Gasteiger partial charge in [-0.3, -0.25) is 4.79 Å². The van der Waals surface area contributed by atoms with Crippen LogP contribution in [-0.2, 0) is 4.79 Å². The van der Waals surface area contributed by atoms with E-state index in [2.05, 4.69) is 17.5 Å². The smallest absolute Gasteiger partial charge is 0.237 e. The molecule has 1 aromatic heterocycles. The Bertz CT molecular complexity index is 1490. The number of carbonyl (C=O) groups is 1. The van der Waals surface area contributed by atoms with Gasteiger partial charge in [0.15, 0.2) is 0 Å². The summed E-state index contributed by atoms with van der Waals surface area (Å²) in [5, 5.41) is 22.4. The summed E-state index contributed by atoms with van der Waals surface area (Å²) < 4.78 is 5.29. The van der Waals surface area contributed by atoms with Crippen molar-refractivity contribution in [3.63, 3.8) is 0 Å². The third-order valence-electron chi connectivity index (χ3n) is 5.79. The number of benzene rings is 3. The summed E-state index contributed by atoms with van der Waals surface area (Å²) in [5.41, 5.74) is 4.44. The number of rotatable bonds is 8. The Labute approximate surface area is 220 Å². The number of hydrogen-bond donors (Lipinski definition) is 1. The van der Waals surface area contributed by atoms with Gasteiger partial charge in [-0.2, -0.15) is 10.5 Å². The lowest BCUT2D eigenvalue weighted by Gasteiger charge is -2.18. The summed E-state index contributed by atoms with van der Waals surface area (Å²) >= 11 is 1.25. The molecule has 1 amide bonds. The number of para-hydroxylation sites is 1. The van der Waals surface area contributed by atoms with Gasteiger partial charge in [-0.15, -0.1) is 0 Å². The van der Waals surface area contributed by atoms with Crippen LogP contribution in [0.2, 0.25) is 0 Å². The van der Waals surface area contributed by atoms with Crippen LogP contribution >= 0.6 is 11.8 Å². The molecular weight excluding hydrogens is 480 g/mol. The minimum atomic E-state index is -0.527. The molecule has 6 nitrogen and oxygen atoms in total. The first-order valence-corrected chi connectivity index (χ1v) is 12.6. The number of anilines is 1. The van der Waals surface area contributed by atoms with E-state index >= 15 is 0 Å². The molecule has 0 aliphatic carbocycles. The molecule has 0 radical (unpaired) electrons. The van der Waals surface area contributed by atoms with E-state index in [9.17, 15) is 15.3 Å². The van der Waals surface area contributed by atoms with Crippen LogP contribution in [0.3, 0.4) is 0 Å². The molecule has 4 rings (SSSR count). The van der Waals surface area contributed by atoms with Gasteiger partial charge in [0.25, 0.3) is 0 Å². The van der Waals surface area contributed by atoms with Gasteiger partial charge >= 0.3 is 0 Å². The molecule has 0 spiro atoms. The van der Waals surface area contributed by atoms with Crippen LogP contribution in [0.4, 0.5) is 5.69 Å². The lowest BCUT2D eigenvalue weighted by molar-refractivity contribution is -0.115. The molecule has 1 atom stereocenters. The number of carbonyl (C=O) groups excluding carboxylic acids is 1. The number of amides is 1. The highest BCUT2D eigenvalue weighted by molar-refractivity contribution is 8.00. The number of nitriles is 2. The molecule has 7 heteroatoms. The molecule has 0 bridgehead atoms. The number of thioether (sulfide) groups is 1. The normalized spacial score (nSPS) is 11.1. The molecule has 3 aromatic carbocycles. The molecule has 0 saturated carbocycles. The van der Waals surface area contributed by atoms with Crippen molar-refractivity contribution >= 4 is 23.4 Å². The van der Waals surface area contributed by atoms with Crippen LogP contribution in [0.25, 0.3) is 22.4 Å². The van der Waals surface area contributed by atoms with Crippen molar-refractivity contribution in [2.75, 3.05) is 12.4 Å². The Morgan fingerprint density at radius 3 is 2.32 bits per heavy atom. The maximum atomic E-state index is 13.2. The summed E-state index contributed by atoms with van der Waals surface area (Å²) in [7, 11) is 1.61. The van der Waals surface area contributed by atoms with Gasteiger partial charge in [-0.1, -0.05) is 73.3 Å². The lowest BCUT2D eigenvalue weighted by atomic mass is 9.99. The molecule has 1 N–H and O–H groups in total. The van der Waals surface area contributed by atoms with Gasteiger partial charge in [-0.25, -0.2) is 4.98 Å². The van der Waals surface area contributed by atoms with Crippen molar-refractivity contribution < 1.29 is 9.53 Å². The second-order valence-corrected chi connectivity index (χ2v) is 9.29. The zero-order valence-corrected chi connectivity index (χ0v) is 21.3. The van der Waals surface area contributed by atoms with Crippen molar-refractivity contribution in [1.82, 2.24) is 4.98 Å². The zero-order chi connectivity index (χ0) is 26.2. The van der Waals surface area contributed by atoms with Crippen LogP contribution in [0.1, 0.15) is 24.5 Å². The van der Waals surface area contributed by atoms with E-state index in [1.165, 1.54) is 11.8 Å². The van der Waals surface area contributed by atoms with Crippen LogP contribution in [0, 0.1) is 22.7 Å². The van der Waals surface area contributed by atoms with Crippen molar-refractivity contribution in [2.24, 2.45) is 0 Å². The van der Waals surface area contributed by atoms with Crippen LogP contribution in [-0.4, -0.2) is 23.3 Å². The Kier molecular flexibility index (Phi) is 8.20. The number of methoxy groups -OCH3 is 1. The fourth-order valence-corrected chi connectivity index (χ4v) is 4.86. The topological polar surface area (TPSA) is 98.8 Å². The van der Waals surface area contributed by atoms with Crippen molar-refractivity contribution in [2.45, 2.75) is 23.6 Å². The van der Waals surface area contributed by atoms with Gasteiger partial charge in [0.05, 0.1) is 34.9 Å². The fourth-order valence-electron chi connectivity index (χ4n) is 3.83. The van der Waals surface area contributed by atoms with Crippen LogP contribution in [0.15, 0.2) is 90.0 Å². The first-order valence-electron chi connectivity index (χ1n) is 11.7. The first kappa shape index (κ1) is 25.5. The third-order valence-corrected chi connectivity index (χ3v) is 7.14. The monoisotopic (exact) mass is 504 g/mol.